The van der Waals surface area contributed by atoms with Crippen molar-refractivity contribution in [2.24, 2.45) is 0 Å². The molecule has 0 amide bonds. The van der Waals surface area contributed by atoms with Crippen molar-refractivity contribution in [3.05, 3.63) is 53.3 Å². The summed E-state index contributed by atoms with van der Waals surface area (Å²) in [5.74, 6) is -0.636. The van der Waals surface area contributed by atoms with E-state index >= 15 is 0 Å². The maximum atomic E-state index is 13.4. The first kappa shape index (κ1) is 19.8. The quantitative estimate of drug-likeness (QED) is 0.661. The summed E-state index contributed by atoms with van der Waals surface area (Å²) in [6.45, 7) is 1.86. The molecule has 2 heterocycles. The number of aromatic nitrogens is 4. The third-order valence-electron chi connectivity index (χ3n) is 3.71. The van der Waals surface area contributed by atoms with Gasteiger partial charge < -0.3 is 15.4 Å². The van der Waals surface area contributed by atoms with Gasteiger partial charge in [0.15, 0.2) is 5.82 Å². The van der Waals surface area contributed by atoms with Gasteiger partial charge in [-0.25, -0.2) is 9.97 Å². The summed E-state index contributed by atoms with van der Waals surface area (Å²) < 4.78 is 45.0. The summed E-state index contributed by atoms with van der Waals surface area (Å²) in [7, 11) is 1.34. The average Bonchev–Trinajstić information content (AvgIpc) is 2.69. The van der Waals surface area contributed by atoms with Crippen LogP contribution in [0.25, 0.3) is 0 Å². The van der Waals surface area contributed by atoms with Crippen LogP contribution in [0, 0.1) is 18.3 Å². The van der Waals surface area contributed by atoms with Crippen LogP contribution < -0.4 is 15.4 Å². The summed E-state index contributed by atoms with van der Waals surface area (Å²) >= 11 is 0. The van der Waals surface area contributed by atoms with Crippen LogP contribution >= 0.6 is 0 Å². The Kier molecular flexibility index (Phi) is 5.45. The van der Waals surface area contributed by atoms with E-state index in [-0.39, 0.29) is 23.3 Å². The molecule has 0 saturated carbocycles. The van der Waals surface area contributed by atoms with Crippen molar-refractivity contribution in [2.45, 2.75) is 13.1 Å². The number of hydrogen-bond acceptors (Lipinski definition) is 8. The van der Waals surface area contributed by atoms with E-state index in [2.05, 4.69) is 30.6 Å². The number of nitriles is 1. The molecule has 1 aromatic carbocycles. The third kappa shape index (κ3) is 4.67. The van der Waals surface area contributed by atoms with E-state index < -0.39 is 17.6 Å². The maximum absolute atomic E-state index is 13.4. The van der Waals surface area contributed by atoms with Gasteiger partial charge in [-0.15, -0.1) is 0 Å². The minimum atomic E-state index is -4.67. The topological polar surface area (TPSA) is 109 Å². The molecule has 0 fully saturated rings. The monoisotopic (exact) mass is 401 g/mol. The first-order chi connectivity index (χ1) is 13.8. The zero-order chi connectivity index (χ0) is 21.0. The molecule has 148 valence electrons. The predicted molar refractivity (Wildman–Crippen MR) is 98.1 cm³/mol. The van der Waals surface area contributed by atoms with Crippen LogP contribution in [0.4, 0.5) is 36.4 Å². The number of rotatable bonds is 5. The molecule has 0 bridgehead atoms. The van der Waals surface area contributed by atoms with E-state index in [1.165, 1.54) is 13.3 Å². The number of anilines is 4. The van der Waals surface area contributed by atoms with Crippen molar-refractivity contribution in [2.75, 3.05) is 17.7 Å². The van der Waals surface area contributed by atoms with Crippen molar-refractivity contribution in [1.82, 2.24) is 19.9 Å². The summed E-state index contributed by atoms with van der Waals surface area (Å²) in [4.78, 5) is 15.4. The Morgan fingerprint density at radius 1 is 1.00 bits per heavy atom. The van der Waals surface area contributed by atoms with Crippen molar-refractivity contribution in [3.63, 3.8) is 0 Å². The molecular formula is C18H14F3N7O. The number of alkyl halides is 3. The Morgan fingerprint density at radius 2 is 1.72 bits per heavy atom. The zero-order valence-corrected chi connectivity index (χ0v) is 15.2. The molecule has 0 radical (unpaired) electrons. The second-order valence-electron chi connectivity index (χ2n) is 5.80. The smallest absolute Gasteiger partial charge is 0.421 e. The lowest BCUT2D eigenvalue weighted by Crippen LogP contribution is -2.13. The summed E-state index contributed by atoms with van der Waals surface area (Å²) in [5.41, 5.74) is 0.386. The molecule has 3 aromatic rings. The Hall–Kier alpha value is -3.94. The summed E-state index contributed by atoms with van der Waals surface area (Å²) in [6.07, 6.45) is -2.80. The van der Waals surface area contributed by atoms with Gasteiger partial charge in [-0.05, 0) is 19.1 Å². The number of hydrogen-bond donors (Lipinski definition) is 2. The first-order valence-corrected chi connectivity index (χ1v) is 8.16. The number of ether oxygens (including phenoxy) is 1. The molecule has 0 atom stereocenters. The fourth-order valence-corrected chi connectivity index (χ4v) is 2.27. The van der Waals surface area contributed by atoms with Gasteiger partial charge in [-0.2, -0.15) is 28.4 Å². The van der Waals surface area contributed by atoms with E-state index in [9.17, 15) is 13.2 Å². The Balaban J connectivity index is 1.99. The molecule has 2 N–H and O–H groups in total. The molecule has 0 aliphatic rings. The molecule has 8 nitrogen and oxygen atoms in total. The molecule has 0 saturated heterocycles. The normalized spacial score (nSPS) is 10.9. The highest BCUT2D eigenvalue weighted by Gasteiger charge is 2.35. The number of benzene rings is 1. The second kappa shape index (κ2) is 7.97. The Morgan fingerprint density at radius 3 is 2.34 bits per heavy atom. The largest absolute Gasteiger partial charge is 0.467 e. The lowest BCUT2D eigenvalue weighted by Gasteiger charge is -2.15. The minimum Gasteiger partial charge on any atom is -0.467 e. The fourth-order valence-electron chi connectivity index (χ4n) is 2.27. The Labute approximate surface area is 163 Å². The molecule has 0 spiro atoms. The number of halogens is 3. The van der Waals surface area contributed by atoms with Crippen molar-refractivity contribution >= 4 is 23.3 Å². The predicted octanol–water partition coefficient (Wildman–Crippen LogP) is 3.96. The van der Waals surface area contributed by atoms with Crippen LogP contribution in [0.2, 0.25) is 0 Å². The molecule has 2 aromatic heterocycles. The van der Waals surface area contributed by atoms with Gasteiger partial charge in [0.25, 0.3) is 0 Å². The maximum Gasteiger partial charge on any atom is 0.421 e. The number of methoxy groups -OCH3 is 1. The van der Waals surface area contributed by atoms with Gasteiger partial charge >= 0.3 is 12.2 Å². The van der Waals surface area contributed by atoms with Crippen molar-refractivity contribution in [1.29, 1.82) is 5.26 Å². The summed E-state index contributed by atoms with van der Waals surface area (Å²) in [6, 6.07) is 8.61. The lowest BCUT2D eigenvalue weighted by molar-refractivity contribution is -0.137. The van der Waals surface area contributed by atoms with Gasteiger partial charge in [0, 0.05) is 11.9 Å². The average molecular weight is 401 g/mol. The molecule has 0 unspecified atom stereocenters. The van der Waals surface area contributed by atoms with Gasteiger partial charge in [-0.3, -0.25) is 0 Å². The van der Waals surface area contributed by atoms with Crippen LogP contribution in [0.15, 0.2) is 36.7 Å². The van der Waals surface area contributed by atoms with E-state index in [0.717, 1.165) is 5.56 Å². The fraction of sp³-hybridized carbons (Fsp3) is 0.167. The lowest BCUT2D eigenvalue weighted by atomic mass is 10.2. The first-order valence-electron chi connectivity index (χ1n) is 8.16. The van der Waals surface area contributed by atoms with Crippen LogP contribution in [-0.2, 0) is 6.18 Å². The van der Waals surface area contributed by atoms with Gasteiger partial charge in [0.05, 0.1) is 13.3 Å². The van der Waals surface area contributed by atoms with Gasteiger partial charge in [0.1, 0.15) is 23.0 Å². The highest BCUT2D eigenvalue weighted by molar-refractivity contribution is 5.64. The molecule has 0 aliphatic heterocycles. The van der Waals surface area contributed by atoms with Gasteiger partial charge in [-0.1, -0.05) is 17.7 Å². The van der Waals surface area contributed by atoms with Crippen molar-refractivity contribution < 1.29 is 17.9 Å². The molecule has 29 heavy (non-hydrogen) atoms. The van der Waals surface area contributed by atoms with Crippen LogP contribution in [-0.4, -0.2) is 27.0 Å². The summed E-state index contributed by atoms with van der Waals surface area (Å²) in [5, 5.41) is 14.4. The molecular weight excluding hydrogens is 387 g/mol. The second-order valence-corrected chi connectivity index (χ2v) is 5.80. The highest BCUT2D eigenvalue weighted by atomic mass is 19.4. The number of nitrogens with zero attached hydrogens (tertiary/aromatic N) is 5. The zero-order valence-electron chi connectivity index (χ0n) is 15.2. The van der Waals surface area contributed by atoms with E-state index in [4.69, 9.17) is 10.00 Å². The standard InChI is InChI=1S/C18H14F3N7O/c1-10-3-5-12(6-4-10)25-15-13(18(19,20)21)9-23-16(27-15)26-14-11(7-22)8-24-17(28-14)29-2/h3-6,8-9H,1-2H3,(H2,23,24,25,26,27,28). The molecule has 11 heteroatoms. The van der Waals surface area contributed by atoms with Gasteiger partial charge in [0.2, 0.25) is 5.95 Å². The SMILES string of the molecule is COc1ncc(C#N)c(Nc2ncc(C(F)(F)F)c(Nc3ccc(C)cc3)n2)n1. The van der Waals surface area contributed by atoms with Crippen LogP contribution in [0.5, 0.6) is 6.01 Å². The van der Waals surface area contributed by atoms with E-state index in [0.29, 0.717) is 11.9 Å². The van der Waals surface area contributed by atoms with Crippen LogP contribution in [0.1, 0.15) is 16.7 Å². The third-order valence-corrected chi connectivity index (χ3v) is 3.71. The van der Waals surface area contributed by atoms with E-state index in [1.54, 1.807) is 24.3 Å². The number of nitrogens with one attached hydrogen (secondary N) is 2. The van der Waals surface area contributed by atoms with Crippen molar-refractivity contribution in [3.8, 4) is 12.1 Å². The minimum absolute atomic E-state index is 0.000365. The van der Waals surface area contributed by atoms with E-state index in [1.807, 2.05) is 13.0 Å². The molecule has 0 aliphatic carbocycles. The highest BCUT2D eigenvalue weighted by Crippen LogP contribution is 2.35. The Bertz CT molecular complexity index is 1060. The number of aryl methyl sites for hydroxylation is 1. The van der Waals surface area contributed by atoms with Crippen LogP contribution in [0.3, 0.4) is 0 Å². The molecule has 3 rings (SSSR count).